The molecule has 0 atom stereocenters. The van der Waals surface area contributed by atoms with Gasteiger partial charge in [0.15, 0.2) is 0 Å². The number of pyridine rings is 1. The van der Waals surface area contributed by atoms with E-state index in [0.717, 1.165) is 24.0 Å². The third kappa shape index (κ3) is 7.56. The molecule has 1 heteroatoms. The summed E-state index contributed by atoms with van der Waals surface area (Å²) in [6, 6.07) is 13.6. The van der Waals surface area contributed by atoms with Gasteiger partial charge in [-0.2, -0.15) is 0 Å². The van der Waals surface area contributed by atoms with Crippen LogP contribution in [0, 0.1) is 11.8 Å². The maximum absolute atomic E-state index is 4.73. The van der Waals surface area contributed by atoms with Crippen molar-refractivity contribution in [3.63, 3.8) is 0 Å². The van der Waals surface area contributed by atoms with Crippen molar-refractivity contribution in [1.29, 1.82) is 0 Å². The van der Waals surface area contributed by atoms with Crippen LogP contribution in [0.15, 0.2) is 42.6 Å². The summed E-state index contributed by atoms with van der Waals surface area (Å²) in [6.45, 7) is 4.58. The molecule has 1 fully saturated rings. The van der Waals surface area contributed by atoms with Crippen molar-refractivity contribution in [2.75, 3.05) is 0 Å². The lowest BCUT2D eigenvalue weighted by atomic mass is 9.78. The summed E-state index contributed by atoms with van der Waals surface area (Å²) in [5.41, 5.74) is 5.20. The third-order valence-electron chi connectivity index (χ3n) is 7.17. The minimum Gasteiger partial charge on any atom is -0.256 e. The first kappa shape index (κ1) is 23.0. The number of aromatic nitrogens is 1. The number of nitrogens with zero attached hydrogens (tertiary/aromatic N) is 1. The molecular formula is C29H43N. The molecule has 0 spiro atoms. The molecule has 3 rings (SSSR count). The minimum atomic E-state index is 0.953. The highest BCUT2D eigenvalue weighted by atomic mass is 14.7. The molecule has 1 nitrogen and oxygen atoms in total. The topological polar surface area (TPSA) is 12.9 Å². The van der Waals surface area contributed by atoms with E-state index in [0.29, 0.717) is 0 Å². The van der Waals surface area contributed by atoms with Crippen molar-refractivity contribution < 1.29 is 0 Å². The van der Waals surface area contributed by atoms with Crippen LogP contribution in [0.1, 0.15) is 102 Å². The second-order valence-electron chi connectivity index (χ2n) is 9.63. The van der Waals surface area contributed by atoms with Crippen LogP contribution in [0.4, 0.5) is 0 Å². The van der Waals surface area contributed by atoms with Crippen LogP contribution in [0.2, 0.25) is 0 Å². The fraction of sp³-hybridized carbons (Fsp3) is 0.621. The second-order valence-corrected chi connectivity index (χ2v) is 9.63. The van der Waals surface area contributed by atoms with E-state index in [2.05, 4.69) is 56.4 Å². The standard InChI is InChI=1S/C29H43N/c1-3-5-7-8-10-27-19-22-29(30-23-27)28-20-17-26(18-21-28)16-15-25-13-11-24(12-14-25)9-6-4-2/h17-25H,3-16H2,1-2H3/t24-,25-. The first-order valence-electron chi connectivity index (χ1n) is 12.8. The van der Waals surface area contributed by atoms with Gasteiger partial charge in [0.05, 0.1) is 5.69 Å². The molecule has 1 aromatic heterocycles. The molecule has 0 aliphatic heterocycles. The molecule has 2 aromatic rings. The van der Waals surface area contributed by atoms with Gasteiger partial charge in [0.25, 0.3) is 0 Å². The third-order valence-corrected chi connectivity index (χ3v) is 7.17. The molecule has 0 amide bonds. The van der Waals surface area contributed by atoms with Crippen LogP contribution in [0.3, 0.4) is 0 Å². The summed E-state index contributed by atoms with van der Waals surface area (Å²) in [5.74, 6) is 1.98. The molecule has 1 aliphatic rings. The molecule has 0 N–H and O–H groups in total. The molecule has 30 heavy (non-hydrogen) atoms. The highest BCUT2D eigenvalue weighted by Gasteiger charge is 2.20. The Balaban J connectivity index is 1.41. The Morgan fingerprint density at radius 1 is 0.667 bits per heavy atom. The Bertz CT molecular complexity index is 692. The van der Waals surface area contributed by atoms with Crippen LogP contribution in [-0.2, 0) is 12.8 Å². The molecule has 1 aromatic carbocycles. The average molecular weight is 406 g/mol. The highest BCUT2D eigenvalue weighted by Crippen LogP contribution is 2.34. The Labute approximate surface area is 185 Å². The zero-order chi connectivity index (χ0) is 21.0. The number of rotatable bonds is 12. The van der Waals surface area contributed by atoms with Gasteiger partial charge in [-0.3, -0.25) is 4.98 Å². The van der Waals surface area contributed by atoms with Gasteiger partial charge in [0.1, 0.15) is 0 Å². The van der Waals surface area contributed by atoms with E-state index in [1.54, 1.807) is 0 Å². The van der Waals surface area contributed by atoms with Crippen molar-refractivity contribution >= 4 is 0 Å². The van der Waals surface area contributed by atoms with E-state index in [-0.39, 0.29) is 0 Å². The van der Waals surface area contributed by atoms with Gasteiger partial charge in [-0.05, 0) is 54.7 Å². The smallest absolute Gasteiger partial charge is 0.0702 e. The first-order chi connectivity index (χ1) is 14.8. The summed E-state index contributed by atoms with van der Waals surface area (Å²) >= 11 is 0. The zero-order valence-electron chi connectivity index (χ0n) is 19.5. The number of hydrogen-bond donors (Lipinski definition) is 0. The van der Waals surface area contributed by atoms with Gasteiger partial charge in [-0.15, -0.1) is 0 Å². The van der Waals surface area contributed by atoms with Gasteiger partial charge in [0, 0.05) is 11.8 Å². The molecule has 1 saturated carbocycles. The number of hydrogen-bond acceptors (Lipinski definition) is 1. The van der Waals surface area contributed by atoms with Crippen LogP contribution in [0.5, 0.6) is 0 Å². The Kier molecular flexibility index (Phi) is 9.93. The fourth-order valence-electron chi connectivity index (χ4n) is 5.01. The van der Waals surface area contributed by atoms with E-state index in [1.807, 2.05) is 0 Å². The maximum atomic E-state index is 4.73. The number of benzene rings is 1. The molecule has 164 valence electrons. The predicted molar refractivity (Wildman–Crippen MR) is 131 cm³/mol. The number of aryl methyl sites for hydroxylation is 2. The lowest BCUT2D eigenvalue weighted by molar-refractivity contribution is 0.250. The lowest BCUT2D eigenvalue weighted by Crippen LogP contribution is -2.15. The quantitative estimate of drug-likeness (QED) is 0.321. The number of unbranched alkanes of at least 4 members (excludes halogenated alkanes) is 4. The lowest BCUT2D eigenvalue weighted by Gasteiger charge is -2.28. The summed E-state index contributed by atoms with van der Waals surface area (Å²) < 4.78 is 0. The van der Waals surface area contributed by atoms with E-state index in [9.17, 15) is 0 Å². The molecule has 0 bridgehead atoms. The van der Waals surface area contributed by atoms with Crippen LogP contribution < -0.4 is 0 Å². The van der Waals surface area contributed by atoms with Crippen LogP contribution in [0.25, 0.3) is 11.3 Å². The SMILES string of the molecule is CCCCCCc1ccc(-c2ccc(CC[C@H]3CC[C@H](CCCC)CC3)cc2)nc1. The van der Waals surface area contributed by atoms with Crippen molar-refractivity contribution in [3.05, 3.63) is 53.7 Å². The van der Waals surface area contributed by atoms with Crippen molar-refractivity contribution in [3.8, 4) is 11.3 Å². The van der Waals surface area contributed by atoms with Crippen molar-refractivity contribution in [2.45, 2.75) is 104 Å². The minimum absolute atomic E-state index is 0.953. The molecule has 0 radical (unpaired) electrons. The largest absolute Gasteiger partial charge is 0.256 e. The van der Waals surface area contributed by atoms with Gasteiger partial charge in [-0.1, -0.05) is 108 Å². The molecule has 0 saturated heterocycles. The van der Waals surface area contributed by atoms with Gasteiger partial charge in [-0.25, -0.2) is 0 Å². The van der Waals surface area contributed by atoms with E-state index < -0.39 is 0 Å². The van der Waals surface area contributed by atoms with Crippen molar-refractivity contribution in [1.82, 2.24) is 4.98 Å². The Hall–Kier alpha value is -1.63. The van der Waals surface area contributed by atoms with Crippen LogP contribution in [-0.4, -0.2) is 4.98 Å². The molecule has 0 unspecified atom stereocenters. The second kappa shape index (κ2) is 12.9. The Morgan fingerprint density at radius 2 is 1.33 bits per heavy atom. The van der Waals surface area contributed by atoms with Crippen LogP contribution >= 0.6 is 0 Å². The summed E-state index contributed by atoms with van der Waals surface area (Å²) in [5, 5.41) is 0. The molecular weight excluding hydrogens is 362 g/mol. The van der Waals surface area contributed by atoms with Crippen molar-refractivity contribution in [2.24, 2.45) is 11.8 Å². The normalized spacial score (nSPS) is 19.1. The predicted octanol–water partition coefficient (Wildman–Crippen LogP) is 8.80. The van der Waals surface area contributed by atoms with E-state index >= 15 is 0 Å². The van der Waals surface area contributed by atoms with E-state index in [1.165, 1.54) is 100 Å². The molecule has 1 heterocycles. The Morgan fingerprint density at radius 3 is 1.97 bits per heavy atom. The first-order valence-corrected chi connectivity index (χ1v) is 12.8. The average Bonchev–Trinajstić information content (AvgIpc) is 2.81. The zero-order valence-corrected chi connectivity index (χ0v) is 19.5. The molecule has 1 aliphatic carbocycles. The van der Waals surface area contributed by atoms with Gasteiger partial charge in [0.2, 0.25) is 0 Å². The fourth-order valence-corrected chi connectivity index (χ4v) is 5.01. The monoisotopic (exact) mass is 405 g/mol. The summed E-state index contributed by atoms with van der Waals surface area (Å²) in [6.07, 6.45) is 21.2. The highest BCUT2D eigenvalue weighted by molar-refractivity contribution is 5.59. The van der Waals surface area contributed by atoms with Gasteiger partial charge >= 0.3 is 0 Å². The van der Waals surface area contributed by atoms with Gasteiger partial charge < -0.3 is 0 Å². The summed E-state index contributed by atoms with van der Waals surface area (Å²) in [7, 11) is 0. The maximum Gasteiger partial charge on any atom is 0.0702 e. The summed E-state index contributed by atoms with van der Waals surface area (Å²) in [4.78, 5) is 4.73. The van der Waals surface area contributed by atoms with E-state index in [4.69, 9.17) is 4.98 Å².